The minimum Gasteiger partial charge on any atom is -0.497 e. The topological polar surface area (TPSA) is 68.1 Å². The molecule has 7 nitrogen and oxygen atoms in total. The number of benzene rings is 1. The van der Waals surface area contributed by atoms with Crippen LogP contribution in [-0.2, 0) is 6.54 Å². The SMILES string of the molecule is COc1ccc(-n2ccc(CNc3cc(N4CCCC(C)C4)ncn3)n2)cc1. The zero-order valence-electron chi connectivity index (χ0n) is 16.4. The normalized spacial score (nSPS) is 16.8. The molecule has 1 N–H and O–H groups in total. The van der Waals surface area contributed by atoms with Crippen molar-refractivity contribution in [2.45, 2.75) is 26.3 Å². The first-order valence-electron chi connectivity index (χ1n) is 9.71. The van der Waals surface area contributed by atoms with Crippen molar-refractivity contribution in [2.75, 3.05) is 30.4 Å². The van der Waals surface area contributed by atoms with Gasteiger partial charge in [-0.2, -0.15) is 5.10 Å². The summed E-state index contributed by atoms with van der Waals surface area (Å²) < 4.78 is 7.06. The Morgan fingerprint density at radius 3 is 2.82 bits per heavy atom. The number of aromatic nitrogens is 4. The van der Waals surface area contributed by atoms with Crippen LogP contribution in [-0.4, -0.2) is 39.9 Å². The minimum atomic E-state index is 0.607. The lowest BCUT2D eigenvalue weighted by Crippen LogP contribution is -2.34. The van der Waals surface area contributed by atoms with Crippen molar-refractivity contribution in [1.29, 1.82) is 0 Å². The molecule has 3 heterocycles. The van der Waals surface area contributed by atoms with Gasteiger partial charge in [0.1, 0.15) is 23.7 Å². The lowest BCUT2D eigenvalue weighted by Gasteiger charge is -2.31. The summed E-state index contributed by atoms with van der Waals surface area (Å²) in [4.78, 5) is 11.2. The van der Waals surface area contributed by atoms with E-state index >= 15 is 0 Å². The van der Waals surface area contributed by atoms with Gasteiger partial charge in [-0.15, -0.1) is 0 Å². The second-order valence-electron chi connectivity index (χ2n) is 7.26. The summed E-state index contributed by atoms with van der Waals surface area (Å²) in [6.07, 6.45) is 6.10. The maximum atomic E-state index is 5.20. The Balaban J connectivity index is 1.39. The number of nitrogens with one attached hydrogen (secondary N) is 1. The maximum absolute atomic E-state index is 5.20. The summed E-state index contributed by atoms with van der Waals surface area (Å²) in [6, 6.07) is 11.9. The van der Waals surface area contributed by atoms with Crippen molar-refractivity contribution in [3.63, 3.8) is 0 Å². The van der Waals surface area contributed by atoms with Gasteiger partial charge >= 0.3 is 0 Å². The summed E-state index contributed by atoms with van der Waals surface area (Å²) in [5, 5.41) is 7.99. The second kappa shape index (κ2) is 8.29. The molecule has 1 fully saturated rings. The van der Waals surface area contributed by atoms with E-state index in [0.717, 1.165) is 41.9 Å². The van der Waals surface area contributed by atoms with E-state index in [1.165, 1.54) is 12.8 Å². The molecule has 1 unspecified atom stereocenters. The van der Waals surface area contributed by atoms with Gasteiger partial charge in [0.2, 0.25) is 0 Å². The van der Waals surface area contributed by atoms with Crippen LogP contribution < -0.4 is 15.0 Å². The third-order valence-electron chi connectivity index (χ3n) is 5.07. The molecular formula is C21H26N6O. The molecule has 1 aliphatic rings. The zero-order valence-corrected chi connectivity index (χ0v) is 16.4. The number of nitrogens with zero attached hydrogens (tertiary/aromatic N) is 5. The van der Waals surface area contributed by atoms with Crippen molar-refractivity contribution in [3.8, 4) is 11.4 Å². The molecule has 0 bridgehead atoms. The van der Waals surface area contributed by atoms with Crippen molar-refractivity contribution in [1.82, 2.24) is 19.7 Å². The van der Waals surface area contributed by atoms with Gasteiger partial charge in [-0.25, -0.2) is 14.6 Å². The monoisotopic (exact) mass is 378 g/mol. The standard InChI is InChI=1S/C21H26N6O/c1-16-4-3-10-26(14-16)21-12-20(23-15-24-21)22-13-17-9-11-27(25-17)18-5-7-19(28-2)8-6-18/h5-9,11-12,15-16H,3-4,10,13-14H2,1-2H3,(H,22,23,24). The van der Waals surface area contributed by atoms with Crippen LogP contribution in [0.2, 0.25) is 0 Å². The van der Waals surface area contributed by atoms with Crippen LogP contribution in [0.15, 0.2) is 48.9 Å². The number of anilines is 2. The van der Waals surface area contributed by atoms with Gasteiger partial charge in [0.25, 0.3) is 0 Å². The Hall–Kier alpha value is -3.09. The Kier molecular flexibility index (Phi) is 5.41. The average Bonchev–Trinajstić information content (AvgIpc) is 3.22. The van der Waals surface area contributed by atoms with Gasteiger partial charge < -0.3 is 15.0 Å². The molecule has 7 heteroatoms. The Morgan fingerprint density at radius 1 is 1.18 bits per heavy atom. The smallest absolute Gasteiger partial charge is 0.134 e. The highest BCUT2D eigenvalue weighted by Crippen LogP contribution is 2.22. The highest BCUT2D eigenvalue weighted by Gasteiger charge is 2.17. The molecule has 2 aromatic heterocycles. The van der Waals surface area contributed by atoms with E-state index in [1.807, 2.05) is 47.3 Å². The van der Waals surface area contributed by atoms with Crippen LogP contribution in [0.4, 0.5) is 11.6 Å². The molecule has 1 atom stereocenters. The van der Waals surface area contributed by atoms with E-state index < -0.39 is 0 Å². The van der Waals surface area contributed by atoms with E-state index in [2.05, 4.69) is 32.2 Å². The average molecular weight is 378 g/mol. The molecule has 146 valence electrons. The Bertz CT molecular complexity index is 907. The predicted molar refractivity (Wildman–Crippen MR) is 110 cm³/mol. The van der Waals surface area contributed by atoms with Crippen molar-refractivity contribution >= 4 is 11.6 Å². The molecule has 1 aliphatic heterocycles. The van der Waals surface area contributed by atoms with E-state index in [0.29, 0.717) is 12.5 Å². The first-order chi connectivity index (χ1) is 13.7. The van der Waals surface area contributed by atoms with Crippen LogP contribution in [0, 0.1) is 5.92 Å². The molecule has 0 aliphatic carbocycles. The lowest BCUT2D eigenvalue weighted by molar-refractivity contribution is 0.414. The number of rotatable bonds is 6. The number of hydrogen-bond acceptors (Lipinski definition) is 6. The van der Waals surface area contributed by atoms with Crippen molar-refractivity contribution < 1.29 is 4.74 Å². The van der Waals surface area contributed by atoms with Crippen LogP contribution in [0.5, 0.6) is 5.75 Å². The zero-order chi connectivity index (χ0) is 19.3. The van der Waals surface area contributed by atoms with E-state index in [9.17, 15) is 0 Å². The fourth-order valence-corrected chi connectivity index (χ4v) is 3.53. The first kappa shape index (κ1) is 18.3. The first-order valence-corrected chi connectivity index (χ1v) is 9.71. The van der Waals surface area contributed by atoms with Gasteiger partial charge in [0, 0.05) is 25.4 Å². The van der Waals surface area contributed by atoms with Gasteiger partial charge in [-0.1, -0.05) is 6.92 Å². The molecule has 3 aromatic rings. The summed E-state index contributed by atoms with van der Waals surface area (Å²) in [5.41, 5.74) is 1.94. The third kappa shape index (κ3) is 4.24. The summed E-state index contributed by atoms with van der Waals surface area (Å²) in [6.45, 7) is 5.03. The highest BCUT2D eigenvalue weighted by molar-refractivity contribution is 5.49. The predicted octanol–water partition coefficient (Wildman–Crippen LogP) is 3.52. The summed E-state index contributed by atoms with van der Waals surface area (Å²) >= 11 is 0. The van der Waals surface area contributed by atoms with Gasteiger partial charge in [0.15, 0.2) is 0 Å². The van der Waals surface area contributed by atoms with Crippen molar-refractivity contribution in [3.05, 3.63) is 54.6 Å². The molecule has 1 aromatic carbocycles. The molecule has 0 radical (unpaired) electrons. The molecule has 0 amide bonds. The van der Waals surface area contributed by atoms with Crippen LogP contribution in [0.25, 0.3) is 5.69 Å². The summed E-state index contributed by atoms with van der Waals surface area (Å²) in [5.74, 6) is 3.36. The maximum Gasteiger partial charge on any atom is 0.134 e. The molecule has 1 saturated heterocycles. The molecular weight excluding hydrogens is 352 g/mol. The Morgan fingerprint density at radius 2 is 2.04 bits per heavy atom. The third-order valence-corrected chi connectivity index (χ3v) is 5.07. The van der Waals surface area contributed by atoms with Crippen LogP contribution >= 0.6 is 0 Å². The van der Waals surface area contributed by atoms with E-state index in [1.54, 1.807) is 13.4 Å². The Labute approximate surface area is 165 Å². The fraction of sp³-hybridized carbons (Fsp3) is 0.381. The van der Waals surface area contributed by atoms with Crippen molar-refractivity contribution in [2.24, 2.45) is 5.92 Å². The number of hydrogen-bond donors (Lipinski definition) is 1. The second-order valence-corrected chi connectivity index (χ2v) is 7.26. The molecule has 0 spiro atoms. The number of piperidine rings is 1. The lowest BCUT2D eigenvalue weighted by atomic mass is 10.0. The molecule has 0 saturated carbocycles. The largest absolute Gasteiger partial charge is 0.497 e. The number of methoxy groups -OCH3 is 1. The van der Waals surface area contributed by atoms with Gasteiger partial charge in [-0.05, 0) is 49.1 Å². The highest BCUT2D eigenvalue weighted by atomic mass is 16.5. The summed E-state index contributed by atoms with van der Waals surface area (Å²) in [7, 11) is 1.66. The van der Waals surface area contributed by atoms with Crippen LogP contribution in [0.1, 0.15) is 25.5 Å². The minimum absolute atomic E-state index is 0.607. The van der Waals surface area contributed by atoms with Gasteiger partial charge in [-0.3, -0.25) is 0 Å². The number of ether oxygens (including phenoxy) is 1. The van der Waals surface area contributed by atoms with Crippen LogP contribution in [0.3, 0.4) is 0 Å². The molecule has 4 rings (SSSR count). The van der Waals surface area contributed by atoms with Gasteiger partial charge in [0.05, 0.1) is 25.0 Å². The van der Waals surface area contributed by atoms with E-state index in [4.69, 9.17) is 4.74 Å². The molecule has 28 heavy (non-hydrogen) atoms. The fourth-order valence-electron chi connectivity index (χ4n) is 3.53. The quantitative estimate of drug-likeness (QED) is 0.708. The van der Waals surface area contributed by atoms with E-state index in [-0.39, 0.29) is 0 Å².